The van der Waals surface area contributed by atoms with Crippen LogP contribution in [-0.2, 0) is 14.3 Å². The first-order valence-electron chi connectivity index (χ1n) is 9.23. The van der Waals surface area contributed by atoms with Gasteiger partial charge in [0.15, 0.2) is 5.76 Å². The van der Waals surface area contributed by atoms with E-state index >= 15 is 0 Å². The Morgan fingerprint density at radius 1 is 1.19 bits per heavy atom. The molecule has 3 fully saturated rings. The Bertz CT molecular complexity index is 764. The SMILES string of the molecule is C=C1CC[C@H]2[C@@]3(C)[C@@H](C[C@H]4C(C)=C(O)C(=O)C(O)(O)[C@@]42C)OC(=O)C[C@@H]13. The number of hydrogen-bond donors (Lipinski definition) is 3. The molecule has 0 amide bonds. The van der Waals surface area contributed by atoms with E-state index in [4.69, 9.17) is 4.74 Å². The molecule has 26 heavy (non-hydrogen) atoms. The molecule has 6 atom stereocenters. The summed E-state index contributed by atoms with van der Waals surface area (Å²) in [7, 11) is 0. The van der Waals surface area contributed by atoms with Gasteiger partial charge in [0.05, 0.1) is 6.42 Å². The number of rotatable bonds is 0. The highest BCUT2D eigenvalue weighted by Crippen LogP contribution is 2.69. The molecule has 0 aromatic carbocycles. The first-order chi connectivity index (χ1) is 12.0. The number of aliphatic hydroxyl groups excluding tert-OH is 1. The van der Waals surface area contributed by atoms with Gasteiger partial charge in [0.25, 0.3) is 5.78 Å². The summed E-state index contributed by atoms with van der Waals surface area (Å²) >= 11 is 0. The minimum absolute atomic E-state index is 0.101. The number of fused-ring (bicyclic) bond motifs is 2. The van der Waals surface area contributed by atoms with E-state index in [0.717, 1.165) is 5.57 Å². The average Bonchev–Trinajstić information content (AvgIpc) is 2.57. The number of hydrogen-bond acceptors (Lipinski definition) is 6. The van der Waals surface area contributed by atoms with E-state index in [1.54, 1.807) is 13.8 Å². The van der Waals surface area contributed by atoms with Gasteiger partial charge in [-0.2, -0.15) is 0 Å². The molecule has 4 aliphatic rings. The molecule has 3 N–H and O–H groups in total. The van der Waals surface area contributed by atoms with Crippen LogP contribution in [0, 0.1) is 28.6 Å². The maximum absolute atomic E-state index is 12.5. The Morgan fingerprint density at radius 3 is 2.50 bits per heavy atom. The number of allylic oxidation sites excluding steroid dienone is 2. The maximum atomic E-state index is 12.5. The van der Waals surface area contributed by atoms with Crippen molar-refractivity contribution in [3.63, 3.8) is 0 Å². The standard InChI is InChI=1S/C20H26O6/c1-9-5-6-13-18(3)11(9)8-15(21)26-14(18)7-12-10(2)16(22)17(23)20(24,25)19(12,13)4/h11-14,22,24-25H,1,5-8H2,2-4H3/t11-,12-,13-,14+,18-,19-/m0/s1. The molecular formula is C20H26O6. The highest BCUT2D eigenvalue weighted by molar-refractivity contribution is 6.01. The van der Waals surface area contributed by atoms with Gasteiger partial charge >= 0.3 is 5.97 Å². The minimum atomic E-state index is -2.66. The molecule has 142 valence electrons. The number of esters is 1. The number of carbonyl (C=O) groups is 2. The molecule has 0 aromatic rings. The van der Waals surface area contributed by atoms with Crippen molar-refractivity contribution >= 4 is 11.8 Å². The third kappa shape index (κ3) is 1.75. The van der Waals surface area contributed by atoms with Gasteiger partial charge in [-0.3, -0.25) is 9.59 Å². The van der Waals surface area contributed by atoms with E-state index in [2.05, 4.69) is 6.58 Å². The molecule has 1 saturated heterocycles. The lowest BCUT2D eigenvalue weighted by Crippen LogP contribution is -2.72. The Balaban J connectivity index is 1.95. The molecule has 1 aliphatic heterocycles. The molecule has 0 bridgehead atoms. The van der Waals surface area contributed by atoms with Crippen LogP contribution in [-0.4, -0.2) is 39.0 Å². The fourth-order valence-electron chi connectivity index (χ4n) is 6.63. The summed E-state index contributed by atoms with van der Waals surface area (Å²) in [6, 6.07) is 0. The van der Waals surface area contributed by atoms with Gasteiger partial charge in [0.2, 0.25) is 5.79 Å². The summed E-state index contributed by atoms with van der Waals surface area (Å²) in [6.45, 7) is 9.57. The lowest BCUT2D eigenvalue weighted by atomic mass is 9.39. The fourth-order valence-corrected chi connectivity index (χ4v) is 6.63. The van der Waals surface area contributed by atoms with Crippen LogP contribution in [0.3, 0.4) is 0 Å². The van der Waals surface area contributed by atoms with Crippen LogP contribution in [0.25, 0.3) is 0 Å². The molecule has 6 nitrogen and oxygen atoms in total. The monoisotopic (exact) mass is 362 g/mol. The van der Waals surface area contributed by atoms with Crippen molar-refractivity contribution in [3.8, 4) is 0 Å². The quantitative estimate of drug-likeness (QED) is 0.346. The molecule has 0 spiro atoms. The minimum Gasteiger partial charge on any atom is -0.504 e. The van der Waals surface area contributed by atoms with Crippen molar-refractivity contribution in [1.29, 1.82) is 0 Å². The van der Waals surface area contributed by atoms with Crippen LogP contribution in [0.4, 0.5) is 0 Å². The highest BCUT2D eigenvalue weighted by atomic mass is 16.5. The summed E-state index contributed by atoms with van der Waals surface area (Å²) < 4.78 is 5.72. The van der Waals surface area contributed by atoms with Gasteiger partial charge < -0.3 is 20.1 Å². The maximum Gasteiger partial charge on any atom is 0.306 e. The van der Waals surface area contributed by atoms with Gasteiger partial charge in [0, 0.05) is 10.8 Å². The van der Waals surface area contributed by atoms with Gasteiger partial charge in [-0.05, 0) is 49.5 Å². The van der Waals surface area contributed by atoms with Gasteiger partial charge in [0.1, 0.15) is 6.10 Å². The molecule has 3 aliphatic carbocycles. The van der Waals surface area contributed by atoms with Crippen LogP contribution in [0.15, 0.2) is 23.5 Å². The lowest BCUT2D eigenvalue weighted by molar-refractivity contribution is -0.303. The second-order valence-corrected chi connectivity index (χ2v) is 8.95. The van der Waals surface area contributed by atoms with Crippen LogP contribution >= 0.6 is 0 Å². The third-order valence-electron chi connectivity index (χ3n) is 8.16. The zero-order chi connectivity index (χ0) is 19.2. The van der Waals surface area contributed by atoms with E-state index in [0.29, 0.717) is 24.8 Å². The van der Waals surface area contributed by atoms with Crippen LogP contribution in [0.5, 0.6) is 0 Å². The van der Waals surface area contributed by atoms with E-state index in [9.17, 15) is 24.9 Å². The second kappa shape index (κ2) is 4.98. The predicted molar refractivity (Wildman–Crippen MR) is 91.7 cm³/mol. The Kier molecular flexibility index (Phi) is 3.40. The van der Waals surface area contributed by atoms with Crippen molar-refractivity contribution in [3.05, 3.63) is 23.5 Å². The largest absolute Gasteiger partial charge is 0.504 e. The van der Waals surface area contributed by atoms with Gasteiger partial charge in [-0.15, -0.1) is 0 Å². The summed E-state index contributed by atoms with van der Waals surface area (Å²) in [6.07, 6.45) is 1.50. The fraction of sp³-hybridized carbons (Fsp3) is 0.700. The van der Waals surface area contributed by atoms with E-state index < -0.39 is 40.2 Å². The normalized spacial score (nSPS) is 47.2. The summed E-state index contributed by atoms with van der Waals surface area (Å²) in [4.78, 5) is 24.7. The zero-order valence-electron chi connectivity index (χ0n) is 15.4. The third-order valence-corrected chi connectivity index (χ3v) is 8.16. The summed E-state index contributed by atoms with van der Waals surface area (Å²) in [5.74, 6) is -5.37. The second-order valence-electron chi connectivity index (χ2n) is 8.95. The Labute approximate surface area is 152 Å². The topological polar surface area (TPSA) is 104 Å². The number of Topliss-reactive ketones (excluding diaryl/α,β-unsaturated/α-hetero) is 1. The van der Waals surface area contributed by atoms with Crippen molar-refractivity contribution in [1.82, 2.24) is 0 Å². The Hall–Kier alpha value is -1.66. The first-order valence-corrected chi connectivity index (χ1v) is 9.23. The number of carbonyl (C=O) groups excluding carboxylic acids is 2. The van der Waals surface area contributed by atoms with E-state index in [-0.39, 0.29) is 24.2 Å². The zero-order valence-corrected chi connectivity index (χ0v) is 15.4. The average molecular weight is 362 g/mol. The molecule has 4 rings (SSSR count). The number of ketones is 1. The smallest absolute Gasteiger partial charge is 0.306 e. The predicted octanol–water partition coefficient (Wildman–Crippen LogP) is 2.01. The molecule has 2 saturated carbocycles. The molecule has 1 heterocycles. The lowest BCUT2D eigenvalue weighted by Gasteiger charge is -2.67. The Morgan fingerprint density at radius 2 is 1.85 bits per heavy atom. The van der Waals surface area contributed by atoms with Gasteiger partial charge in [-0.1, -0.05) is 26.0 Å². The molecule has 6 heteroatoms. The highest BCUT2D eigenvalue weighted by Gasteiger charge is 2.73. The van der Waals surface area contributed by atoms with Crippen LogP contribution in [0.2, 0.25) is 0 Å². The van der Waals surface area contributed by atoms with Crippen molar-refractivity contribution in [2.45, 2.75) is 58.3 Å². The molecular weight excluding hydrogens is 336 g/mol. The number of ether oxygens (including phenoxy) is 1. The van der Waals surface area contributed by atoms with E-state index in [1.165, 1.54) is 0 Å². The summed E-state index contributed by atoms with van der Waals surface area (Å²) in [5, 5.41) is 32.0. The summed E-state index contributed by atoms with van der Waals surface area (Å²) in [5.41, 5.74) is -0.250. The van der Waals surface area contributed by atoms with Crippen molar-refractivity contribution in [2.24, 2.45) is 28.6 Å². The van der Waals surface area contributed by atoms with Crippen LogP contribution in [0.1, 0.15) is 46.5 Å². The van der Waals surface area contributed by atoms with Gasteiger partial charge in [-0.25, -0.2) is 0 Å². The number of aliphatic hydroxyl groups is 3. The first kappa shape index (κ1) is 17.7. The van der Waals surface area contributed by atoms with Crippen molar-refractivity contribution < 1.29 is 29.6 Å². The molecule has 0 aromatic heterocycles. The molecule has 0 unspecified atom stereocenters. The van der Waals surface area contributed by atoms with E-state index in [1.807, 2.05) is 6.92 Å². The van der Waals surface area contributed by atoms with Crippen molar-refractivity contribution in [2.75, 3.05) is 0 Å². The van der Waals surface area contributed by atoms with Crippen LogP contribution < -0.4 is 0 Å². The molecule has 0 radical (unpaired) electrons.